The Morgan fingerprint density at radius 3 is 2.67 bits per heavy atom. The van der Waals surface area contributed by atoms with Crippen LogP contribution in [0.2, 0.25) is 5.02 Å². The van der Waals surface area contributed by atoms with E-state index < -0.39 is 12.1 Å². The first-order valence-electron chi connectivity index (χ1n) is 12.2. The van der Waals surface area contributed by atoms with Crippen molar-refractivity contribution < 1.29 is 14.3 Å². The SMILES string of the molecule is CCCC(NCCc1cccc(C)c1)C(=O)NNC(=O)N1Cc2ccccc2Oc2ccc(Cl)cc21. The molecule has 0 aliphatic carbocycles. The molecular formula is C28H31ClN4O3. The molecule has 4 rings (SSSR count). The van der Waals surface area contributed by atoms with E-state index in [-0.39, 0.29) is 12.5 Å². The fourth-order valence-electron chi connectivity index (χ4n) is 4.22. The number of hydrogen-bond donors (Lipinski definition) is 3. The monoisotopic (exact) mass is 506 g/mol. The van der Waals surface area contributed by atoms with Gasteiger partial charge in [0.15, 0.2) is 5.75 Å². The summed E-state index contributed by atoms with van der Waals surface area (Å²) in [5.41, 5.74) is 8.96. The van der Waals surface area contributed by atoms with Crippen LogP contribution in [0, 0.1) is 6.92 Å². The van der Waals surface area contributed by atoms with E-state index in [1.165, 1.54) is 16.0 Å². The number of fused-ring (bicyclic) bond motifs is 2. The van der Waals surface area contributed by atoms with Crippen LogP contribution in [0.4, 0.5) is 10.5 Å². The molecule has 3 aromatic rings. The van der Waals surface area contributed by atoms with Gasteiger partial charge in [0, 0.05) is 10.6 Å². The zero-order chi connectivity index (χ0) is 25.5. The van der Waals surface area contributed by atoms with Gasteiger partial charge in [-0.2, -0.15) is 0 Å². The summed E-state index contributed by atoms with van der Waals surface area (Å²) in [6.07, 6.45) is 2.29. The number of aryl methyl sites for hydroxylation is 1. The molecule has 3 N–H and O–H groups in total. The number of carbonyl (C=O) groups is 2. The summed E-state index contributed by atoms with van der Waals surface area (Å²) in [4.78, 5) is 27.7. The van der Waals surface area contributed by atoms with E-state index in [2.05, 4.69) is 41.3 Å². The largest absolute Gasteiger partial charge is 0.455 e. The third kappa shape index (κ3) is 6.36. The number of hydrogen-bond acceptors (Lipinski definition) is 4. The lowest BCUT2D eigenvalue weighted by Gasteiger charge is -2.24. The van der Waals surface area contributed by atoms with E-state index in [0.717, 1.165) is 18.4 Å². The number of rotatable bonds is 7. The number of halogens is 1. The predicted molar refractivity (Wildman–Crippen MR) is 142 cm³/mol. The van der Waals surface area contributed by atoms with Gasteiger partial charge in [0.1, 0.15) is 5.75 Å². The lowest BCUT2D eigenvalue weighted by atomic mass is 10.1. The van der Waals surface area contributed by atoms with Crippen molar-refractivity contribution in [3.63, 3.8) is 0 Å². The number of urea groups is 1. The van der Waals surface area contributed by atoms with Crippen molar-refractivity contribution in [1.29, 1.82) is 0 Å². The van der Waals surface area contributed by atoms with Gasteiger partial charge in [-0.3, -0.25) is 15.1 Å². The second-order valence-electron chi connectivity index (χ2n) is 8.86. The van der Waals surface area contributed by atoms with Gasteiger partial charge in [-0.1, -0.05) is 73.0 Å². The summed E-state index contributed by atoms with van der Waals surface area (Å²) in [5, 5.41) is 3.80. The van der Waals surface area contributed by atoms with Gasteiger partial charge in [0.05, 0.1) is 18.3 Å². The molecule has 0 saturated carbocycles. The van der Waals surface area contributed by atoms with Gasteiger partial charge in [-0.25, -0.2) is 10.2 Å². The lowest BCUT2D eigenvalue weighted by molar-refractivity contribution is -0.124. The van der Waals surface area contributed by atoms with Gasteiger partial charge in [-0.15, -0.1) is 0 Å². The average Bonchev–Trinajstić information content (AvgIpc) is 3.03. The lowest BCUT2D eigenvalue weighted by Crippen LogP contribution is -2.54. The van der Waals surface area contributed by atoms with Crippen LogP contribution in [-0.2, 0) is 17.8 Å². The normalized spacial score (nSPS) is 13.0. The molecule has 3 amide bonds. The van der Waals surface area contributed by atoms with Crippen LogP contribution in [0.25, 0.3) is 0 Å². The van der Waals surface area contributed by atoms with Crippen molar-refractivity contribution in [2.75, 3.05) is 11.4 Å². The molecule has 0 bridgehead atoms. The van der Waals surface area contributed by atoms with Crippen LogP contribution >= 0.6 is 11.6 Å². The van der Waals surface area contributed by atoms with E-state index >= 15 is 0 Å². The highest BCUT2D eigenvalue weighted by Crippen LogP contribution is 2.40. The van der Waals surface area contributed by atoms with Crippen LogP contribution < -0.4 is 25.8 Å². The van der Waals surface area contributed by atoms with Gasteiger partial charge in [0.2, 0.25) is 0 Å². The third-order valence-electron chi connectivity index (χ3n) is 6.05. The number of para-hydroxylation sites is 1. The molecule has 7 nitrogen and oxygen atoms in total. The Morgan fingerprint density at radius 2 is 1.86 bits per heavy atom. The Bertz CT molecular complexity index is 1230. The summed E-state index contributed by atoms with van der Waals surface area (Å²) in [6, 6.07) is 20.1. The Labute approximate surface area is 216 Å². The highest BCUT2D eigenvalue weighted by atomic mass is 35.5. The number of nitrogens with zero attached hydrogens (tertiary/aromatic N) is 1. The topological polar surface area (TPSA) is 82.7 Å². The Kier molecular flexibility index (Phi) is 8.46. The standard InChI is InChI=1S/C28H31ClN4O3/c1-3-7-23(30-15-14-20-9-6-8-19(2)16-20)27(34)31-32-28(35)33-18-21-10-4-5-11-25(21)36-26-13-12-22(29)17-24(26)33/h4-6,8-13,16-17,23,30H,3,7,14-15,18H2,1-2H3,(H,31,34)(H,32,35). The van der Waals surface area contributed by atoms with Gasteiger partial charge in [-0.05, 0) is 56.1 Å². The summed E-state index contributed by atoms with van der Waals surface area (Å²) in [6.45, 7) is 5.00. The zero-order valence-corrected chi connectivity index (χ0v) is 21.3. The first-order valence-corrected chi connectivity index (χ1v) is 12.5. The summed E-state index contributed by atoms with van der Waals surface area (Å²) in [7, 11) is 0. The fourth-order valence-corrected chi connectivity index (χ4v) is 4.39. The molecule has 1 unspecified atom stereocenters. The van der Waals surface area contributed by atoms with Crippen LogP contribution in [0.1, 0.15) is 36.5 Å². The van der Waals surface area contributed by atoms with Gasteiger partial charge in [0.25, 0.3) is 5.91 Å². The predicted octanol–water partition coefficient (Wildman–Crippen LogP) is 5.50. The maximum absolute atomic E-state index is 13.2. The van der Waals surface area contributed by atoms with Crippen molar-refractivity contribution in [3.05, 3.63) is 88.4 Å². The molecule has 1 atom stereocenters. The van der Waals surface area contributed by atoms with Crippen molar-refractivity contribution in [3.8, 4) is 11.5 Å². The van der Waals surface area contributed by atoms with Gasteiger partial charge < -0.3 is 10.1 Å². The Morgan fingerprint density at radius 1 is 1.03 bits per heavy atom. The van der Waals surface area contributed by atoms with E-state index in [1.807, 2.05) is 37.3 Å². The molecule has 0 spiro atoms. The van der Waals surface area contributed by atoms with E-state index in [1.54, 1.807) is 18.2 Å². The quantitative estimate of drug-likeness (QED) is 0.369. The molecule has 8 heteroatoms. The zero-order valence-electron chi connectivity index (χ0n) is 20.5. The van der Waals surface area contributed by atoms with Crippen LogP contribution in [0.3, 0.4) is 0 Å². The van der Waals surface area contributed by atoms with E-state index in [4.69, 9.17) is 16.3 Å². The number of anilines is 1. The molecule has 3 aromatic carbocycles. The molecule has 188 valence electrons. The van der Waals surface area contributed by atoms with E-state index in [9.17, 15) is 9.59 Å². The molecule has 1 aliphatic heterocycles. The van der Waals surface area contributed by atoms with Crippen molar-refractivity contribution in [1.82, 2.24) is 16.2 Å². The highest BCUT2D eigenvalue weighted by Gasteiger charge is 2.26. The first-order chi connectivity index (χ1) is 17.4. The number of carbonyl (C=O) groups excluding carboxylic acids is 2. The minimum atomic E-state index is -0.484. The third-order valence-corrected chi connectivity index (χ3v) is 6.29. The van der Waals surface area contributed by atoms with Crippen LogP contribution in [-0.4, -0.2) is 24.5 Å². The molecule has 0 radical (unpaired) electrons. The van der Waals surface area contributed by atoms with Gasteiger partial charge >= 0.3 is 6.03 Å². The maximum Gasteiger partial charge on any atom is 0.341 e. The maximum atomic E-state index is 13.2. The van der Waals surface area contributed by atoms with Crippen molar-refractivity contribution in [2.24, 2.45) is 0 Å². The Balaban J connectivity index is 1.40. The molecule has 0 aromatic heterocycles. The smallest absolute Gasteiger partial charge is 0.341 e. The molecule has 36 heavy (non-hydrogen) atoms. The minimum Gasteiger partial charge on any atom is -0.455 e. The van der Waals surface area contributed by atoms with Crippen molar-refractivity contribution >= 4 is 29.2 Å². The van der Waals surface area contributed by atoms with Crippen LogP contribution in [0.15, 0.2) is 66.7 Å². The fraction of sp³-hybridized carbons (Fsp3) is 0.286. The second kappa shape index (κ2) is 11.9. The highest BCUT2D eigenvalue weighted by molar-refractivity contribution is 6.31. The molecular weight excluding hydrogens is 476 g/mol. The molecule has 1 heterocycles. The summed E-state index contributed by atoms with van der Waals surface area (Å²) >= 11 is 6.22. The summed E-state index contributed by atoms with van der Waals surface area (Å²) in [5.74, 6) is 0.890. The number of hydrazine groups is 1. The minimum absolute atomic E-state index is 0.262. The molecule has 0 saturated heterocycles. The number of benzene rings is 3. The molecule has 1 aliphatic rings. The van der Waals surface area contributed by atoms with Crippen molar-refractivity contribution in [2.45, 2.75) is 45.7 Å². The Hall–Kier alpha value is -3.55. The molecule has 0 fully saturated rings. The van der Waals surface area contributed by atoms with Crippen LogP contribution in [0.5, 0.6) is 11.5 Å². The van der Waals surface area contributed by atoms with E-state index in [0.29, 0.717) is 35.2 Å². The number of nitrogens with one attached hydrogen (secondary N) is 3. The second-order valence-corrected chi connectivity index (χ2v) is 9.30. The number of ether oxygens (including phenoxy) is 1. The first kappa shape index (κ1) is 25.5. The average molecular weight is 507 g/mol. The number of amides is 3. The summed E-state index contributed by atoms with van der Waals surface area (Å²) < 4.78 is 6.04.